The number of hydrogen-bond acceptors (Lipinski definition) is 6. The van der Waals surface area contributed by atoms with Crippen LogP contribution in [-0.2, 0) is 0 Å². The van der Waals surface area contributed by atoms with E-state index >= 15 is 0 Å². The zero-order valence-corrected chi connectivity index (χ0v) is 24.2. The second-order valence-electron chi connectivity index (χ2n) is 10.2. The Morgan fingerprint density at radius 2 is 0.872 bits per heavy atom. The Morgan fingerprint density at radius 1 is 0.513 bits per heavy atom. The van der Waals surface area contributed by atoms with Gasteiger partial charge in [0, 0.05) is 0 Å². The van der Waals surface area contributed by atoms with Gasteiger partial charge in [0.1, 0.15) is 11.5 Å². The maximum absolute atomic E-state index is 9.51. The Kier molecular flexibility index (Phi) is 17.2. The summed E-state index contributed by atoms with van der Waals surface area (Å²) in [5.41, 5.74) is 3.31. The Morgan fingerprint density at radius 3 is 1.23 bits per heavy atom. The van der Waals surface area contributed by atoms with Gasteiger partial charge in [0.2, 0.25) is 0 Å². The summed E-state index contributed by atoms with van der Waals surface area (Å²) in [5, 5.41) is 26.1. The molecule has 0 aliphatic heterocycles. The molecule has 0 aliphatic carbocycles. The summed E-state index contributed by atoms with van der Waals surface area (Å²) < 4.78 is 11.6. The van der Waals surface area contributed by atoms with E-state index in [0.29, 0.717) is 11.4 Å². The summed E-state index contributed by atoms with van der Waals surface area (Å²) >= 11 is 0. The van der Waals surface area contributed by atoms with Gasteiger partial charge >= 0.3 is 0 Å². The van der Waals surface area contributed by atoms with Crippen LogP contribution in [0.5, 0.6) is 11.5 Å². The van der Waals surface area contributed by atoms with Crippen LogP contribution < -0.4 is 9.47 Å². The molecule has 0 unspecified atom stereocenters. The first-order valence-electron chi connectivity index (χ1n) is 15.1. The highest BCUT2D eigenvalue weighted by atomic mass is 16.5. The molecule has 0 atom stereocenters. The van der Waals surface area contributed by atoms with Gasteiger partial charge in [-0.1, -0.05) is 81.9 Å². The summed E-state index contributed by atoms with van der Waals surface area (Å²) in [6.45, 7) is 5.90. The van der Waals surface area contributed by atoms with Crippen LogP contribution in [0.15, 0.2) is 58.8 Å². The number of unbranched alkanes of at least 4 members (excludes halogenated alkanes) is 10. The lowest BCUT2D eigenvalue weighted by Gasteiger charge is -2.09. The molecule has 2 aromatic rings. The fourth-order valence-corrected chi connectivity index (χ4v) is 4.54. The van der Waals surface area contributed by atoms with Crippen molar-refractivity contribution in [1.29, 1.82) is 0 Å². The molecule has 39 heavy (non-hydrogen) atoms. The molecule has 2 aromatic carbocycles. The Bertz CT molecular complexity index is 862. The average Bonchev–Trinajstić information content (AvgIpc) is 2.97. The number of benzene rings is 2. The number of rotatable bonds is 22. The Balaban J connectivity index is 1.61. The van der Waals surface area contributed by atoms with E-state index in [-0.39, 0.29) is 0 Å². The molecule has 2 N–H and O–H groups in total. The monoisotopic (exact) mass is 538 g/mol. The molecule has 2 rings (SSSR count). The molecule has 0 heterocycles. The maximum Gasteiger partial charge on any atom is 0.119 e. The molecule has 0 saturated heterocycles. The topological polar surface area (TPSA) is 83.6 Å². The highest BCUT2D eigenvalue weighted by Crippen LogP contribution is 2.19. The number of nitrogens with zero attached hydrogens (tertiary/aromatic N) is 2. The summed E-state index contributed by atoms with van der Waals surface area (Å²) in [4.78, 5) is 0. The van der Waals surface area contributed by atoms with Gasteiger partial charge < -0.3 is 19.9 Å². The van der Waals surface area contributed by atoms with Crippen LogP contribution in [0.4, 0.5) is 0 Å². The fourth-order valence-electron chi connectivity index (χ4n) is 4.54. The maximum atomic E-state index is 9.51. The van der Waals surface area contributed by atoms with Crippen LogP contribution in [0.3, 0.4) is 0 Å². The van der Waals surface area contributed by atoms with Crippen molar-refractivity contribution in [3.8, 4) is 11.5 Å². The molecule has 0 bridgehead atoms. The summed E-state index contributed by atoms with van der Waals surface area (Å²) in [6, 6.07) is 15.7. The number of hydrogen-bond donors (Lipinski definition) is 2. The quantitative estimate of drug-likeness (QED) is 0.0677. The standard InChI is InChI=1S/C33H50N2O4/c1-3-5-7-14-26-38-30-22-18-28(19-23-30)32(34-36)16-12-10-9-11-13-17-33(35-37)29-20-24-31(25-21-29)39-27-15-8-6-4-2/h18-25,36-37H,3-17,26-27H2,1-2H3/b34-32-,35-33+. The zero-order valence-electron chi connectivity index (χ0n) is 24.2. The zero-order chi connectivity index (χ0) is 28.0. The van der Waals surface area contributed by atoms with E-state index in [9.17, 15) is 10.4 Å². The van der Waals surface area contributed by atoms with E-state index < -0.39 is 0 Å². The van der Waals surface area contributed by atoms with Gasteiger partial charge in [0.25, 0.3) is 0 Å². The average molecular weight is 539 g/mol. The van der Waals surface area contributed by atoms with Crippen LogP contribution in [-0.4, -0.2) is 35.1 Å². The fraction of sp³-hybridized carbons (Fsp3) is 0.576. The SMILES string of the molecule is CCCCCCOc1ccc(/C(CCCCCCC/C(=N\O)c2ccc(OCCCCCC)cc2)=N\O)cc1. The van der Waals surface area contributed by atoms with Crippen LogP contribution in [0, 0.1) is 0 Å². The van der Waals surface area contributed by atoms with Crippen LogP contribution in [0.25, 0.3) is 0 Å². The summed E-state index contributed by atoms with van der Waals surface area (Å²) in [6.07, 6.45) is 16.1. The van der Waals surface area contributed by atoms with Gasteiger partial charge in [-0.05, 0) is 98.2 Å². The molecule has 6 heteroatoms. The van der Waals surface area contributed by atoms with Crippen molar-refractivity contribution in [1.82, 2.24) is 0 Å². The first kappa shape index (κ1) is 32.2. The Labute approximate surface area is 236 Å². The van der Waals surface area contributed by atoms with Crippen molar-refractivity contribution >= 4 is 11.4 Å². The van der Waals surface area contributed by atoms with E-state index in [1.54, 1.807) is 0 Å². The third kappa shape index (κ3) is 13.6. The third-order valence-corrected chi connectivity index (χ3v) is 6.98. The van der Waals surface area contributed by atoms with Crippen molar-refractivity contribution in [2.24, 2.45) is 10.3 Å². The molecule has 0 saturated carbocycles. The summed E-state index contributed by atoms with van der Waals surface area (Å²) in [7, 11) is 0. The molecule has 0 spiro atoms. The second-order valence-corrected chi connectivity index (χ2v) is 10.2. The van der Waals surface area contributed by atoms with Gasteiger partial charge in [-0.15, -0.1) is 0 Å². The molecule has 0 amide bonds. The molecule has 0 aliphatic rings. The van der Waals surface area contributed by atoms with Crippen LogP contribution in [0.1, 0.15) is 121 Å². The predicted molar refractivity (Wildman–Crippen MR) is 161 cm³/mol. The van der Waals surface area contributed by atoms with Gasteiger partial charge in [-0.25, -0.2) is 0 Å². The van der Waals surface area contributed by atoms with Gasteiger partial charge in [-0.2, -0.15) is 0 Å². The van der Waals surface area contributed by atoms with E-state index in [0.717, 1.165) is 93.6 Å². The third-order valence-electron chi connectivity index (χ3n) is 6.98. The highest BCUT2D eigenvalue weighted by Gasteiger charge is 2.07. The minimum Gasteiger partial charge on any atom is -0.494 e. The molecule has 6 nitrogen and oxygen atoms in total. The van der Waals surface area contributed by atoms with Crippen molar-refractivity contribution in [2.45, 2.75) is 110 Å². The molecular weight excluding hydrogens is 488 g/mol. The summed E-state index contributed by atoms with van der Waals surface area (Å²) in [5.74, 6) is 1.72. The smallest absolute Gasteiger partial charge is 0.119 e. The minimum absolute atomic E-state index is 0.715. The van der Waals surface area contributed by atoms with Gasteiger partial charge in [0.05, 0.1) is 24.6 Å². The lowest BCUT2D eigenvalue weighted by Crippen LogP contribution is -2.03. The molecule has 0 aromatic heterocycles. The number of oxime groups is 2. The second kappa shape index (κ2) is 20.9. The molecule has 0 radical (unpaired) electrons. The number of ether oxygens (including phenoxy) is 2. The van der Waals surface area contributed by atoms with Crippen molar-refractivity contribution in [3.05, 3.63) is 59.7 Å². The largest absolute Gasteiger partial charge is 0.494 e. The first-order chi connectivity index (χ1) is 19.2. The van der Waals surface area contributed by atoms with Crippen molar-refractivity contribution in [3.63, 3.8) is 0 Å². The van der Waals surface area contributed by atoms with E-state index in [2.05, 4.69) is 24.2 Å². The normalized spacial score (nSPS) is 12.1. The lowest BCUT2D eigenvalue weighted by atomic mass is 10.0. The lowest BCUT2D eigenvalue weighted by molar-refractivity contribution is 0.305. The van der Waals surface area contributed by atoms with Crippen LogP contribution in [0.2, 0.25) is 0 Å². The molecule has 216 valence electrons. The van der Waals surface area contributed by atoms with E-state index in [1.165, 1.54) is 38.5 Å². The first-order valence-corrected chi connectivity index (χ1v) is 15.1. The van der Waals surface area contributed by atoms with Crippen molar-refractivity contribution in [2.75, 3.05) is 13.2 Å². The van der Waals surface area contributed by atoms with E-state index in [1.807, 2.05) is 48.5 Å². The van der Waals surface area contributed by atoms with Gasteiger partial charge in [-0.3, -0.25) is 0 Å². The van der Waals surface area contributed by atoms with E-state index in [4.69, 9.17) is 9.47 Å². The Hall–Kier alpha value is -3.02. The van der Waals surface area contributed by atoms with Crippen LogP contribution >= 0.6 is 0 Å². The van der Waals surface area contributed by atoms with Gasteiger partial charge in [0.15, 0.2) is 0 Å². The molecular formula is C33H50N2O4. The van der Waals surface area contributed by atoms with Crippen molar-refractivity contribution < 1.29 is 19.9 Å². The minimum atomic E-state index is 0.715. The molecule has 0 fully saturated rings. The highest BCUT2D eigenvalue weighted by molar-refractivity contribution is 6.00. The predicted octanol–water partition coefficient (Wildman–Crippen LogP) is 9.39.